The van der Waals surface area contributed by atoms with Crippen LogP contribution in [0.2, 0.25) is 0 Å². The number of piperazine rings is 1. The number of amides is 1. The molecule has 0 atom stereocenters. The van der Waals surface area contributed by atoms with Crippen molar-refractivity contribution < 1.29 is 22.0 Å². The van der Waals surface area contributed by atoms with Gasteiger partial charge in [0.05, 0.1) is 0 Å². The third kappa shape index (κ3) is 3.30. The fourth-order valence-electron chi connectivity index (χ4n) is 3.39. The molecular weight excluding hydrogens is 338 g/mol. The summed E-state index contributed by atoms with van der Waals surface area (Å²) in [5.74, 6) is -1.64. The van der Waals surface area contributed by atoms with Gasteiger partial charge >= 0.3 is 0 Å². The third-order valence-electron chi connectivity index (χ3n) is 4.77. The molecule has 0 spiro atoms. The van der Waals surface area contributed by atoms with Crippen molar-refractivity contribution >= 4 is 15.9 Å². The van der Waals surface area contributed by atoms with Crippen LogP contribution >= 0.6 is 0 Å². The van der Waals surface area contributed by atoms with E-state index in [1.165, 1.54) is 0 Å². The monoisotopic (exact) mass is 358 g/mol. The molecule has 0 bridgehead atoms. The quantitative estimate of drug-likeness (QED) is 0.830. The summed E-state index contributed by atoms with van der Waals surface area (Å²) in [6.07, 6.45) is 3.91. The minimum absolute atomic E-state index is 0.0498. The van der Waals surface area contributed by atoms with E-state index in [2.05, 4.69) is 0 Å². The number of hydrogen-bond acceptors (Lipinski definition) is 3. The molecule has 24 heavy (non-hydrogen) atoms. The van der Waals surface area contributed by atoms with E-state index in [4.69, 9.17) is 0 Å². The third-order valence-corrected chi connectivity index (χ3v) is 6.68. The van der Waals surface area contributed by atoms with Gasteiger partial charge in [0.25, 0.3) is 0 Å². The van der Waals surface area contributed by atoms with Gasteiger partial charge in [0, 0.05) is 32.1 Å². The lowest BCUT2D eigenvalue weighted by molar-refractivity contribution is -0.136. The summed E-state index contributed by atoms with van der Waals surface area (Å²) in [6.45, 7) is 0.754. The molecule has 8 heteroatoms. The number of benzene rings is 1. The van der Waals surface area contributed by atoms with E-state index >= 15 is 0 Å². The molecular formula is C16H20F2N2O3S. The molecule has 1 heterocycles. The van der Waals surface area contributed by atoms with Crippen molar-refractivity contribution in [3.8, 4) is 0 Å². The van der Waals surface area contributed by atoms with Crippen LogP contribution < -0.4 is 0 Å². The number of nitrogens with zero attached hydrogens (tertiary/aromatic N) is 2. The molecule has 0 radical (unpaired) electrons. The van der Waals surface area contributed by atoms with E-state index in [-0.39, 0.29) is 38.0 Å². The van der Waals surface area contributed by atoms with Gasteiger partial charge in [0.1, 0.15) is 16.5 Å². The molecule has 1 saturated heterocycles. The number of carbonyl (C=O) groups is 1. The van der Waals surface area contributed by atoms with Crippen LogP contribution in [0.4, 0.5) is 8.78 Å². The van der Waals surface area contributed by atoms with Crippen LogP contribution in [0.5, 0.6) is 0 Å². The first kappa shape index (κ1) is 17.3. The zero-order valence-corrected chi connectivity index (χ0v) is 14.1. The maximum atomic E-state index is 13.8. The van der Waals surface area contributed by atoms with Crippen molar-refractivity contribution in [2.45, 2.75) is 30.6 Å². The number of sulfonamides is 1. The highest BCUT2D eigenvalue weighted by Crippen LogP contribution is 2.28. The van der Waals surface area contributed by atoms with Crippen molar-refractivity contribution in [1.82, 2.24) is 9.21 Å². The summed E-state index contributed by atoms with van der Waals surface area (Å²) in [5, 5.41) is 0. The van der Waals surface area contributed by atoms with E-state index < -0.39 is 26.6 Å². The van der Waals surface area contributed by atoms with E-state index in [1.54, 1.807) is 4.90 Å². The zero-order valence-electron chi connectivity index (χ0n) is 13.2. The highest BCUT2D eigenvalue weighted by Gasteiger charge is 2.34. The minimum Gasteiger partial charge on any atom is -0.340 e. The molecule has 0 N–H and O–H groups in total. The van der Waals surface area contributed by atoms with E-state index in [0.29, 0.717) is 6.07 Å². The van der Waals surface area contributed by atoms with Crippen molar-refractivity contribution in [3.63, 3.8) is 0 Å². The molecule has 132 valence electrons. The van der Waals surface area contributed by atoms with Gasteiger partial charge in [-0.2, -0.15) is 4.31 Å². The van der Waals surface area contributed by atoms with Gasteiger partial charge in [-0.25, -0.2) is 17.2 Å². The molecule has 0 unspecified atom stereocenters. The minimum atomic E-state index is -4.10. The summed E-state index contributed by atoms with van der Waals surface area (Å²) in [4.78, 5) is 13.4. The van der Waals surface area contributed by atoms with Crippen LogP contribution in [0.15, 0.2) is 23.1 Å². The standard InChI is InChI=1S/C16H20F2N2O3S/c17-13-5-6-14(18)15(11-13)24(22,23)20-9-7-19(8-10-20)16(21)12-3-1-2-4-12/h5-6,11-12H,1-4,7-10H2. The first-order valence-corrected chi connectivity index (χ1v) is 9.57. The number of rotatable bonds is 3. The maximum absolute atomic E-state index is 13.8. The van der Waals surface area contributed by atoms with Gasteiger partial charge < -0.3 is 4.90 Å². The molecule has 3 rings (SSSR count). The van der Waals surface area contributed by atoms with Crippen molar-refractivity contribution in [2.75, 3.05) is 26.2 Å². The molecule has 1 aromatic carbocycles. The van der Waals surface area contributed by atoms with Gasteiger partial charge in [-0.05, 0) is 31.0 Å². The largest absolute Gasteiger partial charge is 0.340 e. The summed E-state index contributed by atoms with van der Waals surface area (Å²) in [7, 11) is -4.10. The SMILES string of the molecule is O=C(C1CCCC1)N1CCN(S(=O)(=O)c2cc(F)ccc2F)CC1. The second-order valence-corrected chi connectivity index (χ2v) is 8.19. The zero-order chi connectivity index (χ0) is 17.3. The number of hydrogen-bond donors (Lipinski definition) is 0. The summed E-state index contributed by atoms with van der Waals surface area (Å²) < 4.78 is 53.2. The Morgan fingerprint density at radius 3 is 2.29 bits per heavy atom. The Morgan fingerprint density at radius 1 is 1.04 bits per heavy atom. The average molecular weight is 358 g/mol. The molecule has 5 nitrogen and oxygen atoms in total. The second kappa shape index (κ2) is 6.76. The van der Waals surface area contributed by atoms with Gasteiger partial charge in [-0.15, -0.1) is 0 Å². The predicted molar refractivity (Wildman–Crippen MR) is 83.7 cm³/mol. The predicted octanol–water partition coefficient (Wildman–Crippen LogP) is 1.99. The van der Waals surface area contributed by atoms with E-state index in [0.717, 1.165) is 42.1 Å². The van der Waals surface area contributed by atoms with Crippen molar-refractivity contribution in [1.29, 1.82) is 0 Å². The summed E-state index contributed by atoms with van der Waals surface area (Å²) >= 11 is 0. The Kier molecular flexibility index (Phi) is 4.87. The van der Waals surface area contributed by atoms with Gasteiger partial charge in [-0.3, -0.25) is 4.79 Å². The van der Waals surface area contributed by atoms with E-state index in [9.17, 15) is 22.0 Å². The van der Waals surface area contributed by atoms with Crippen molar-refractivity contribution in [3.05, 3.63) is 29.8 Å². The molecule has 0 aromatic heterocycles. The fraction of sp³-hybridized carbons (Fsp3) is 0.562. The molecule has 1 amide bonds. The highest BCUT2D eigenvalue weighted by atomic mass is 32.2. The Labute approximate surface area is 140 Å². The molecule has 1 aliphatic heterocycles. The average Bonchev–Trinajstić information content (AvgIpc) is 3.11. The Bertz CT molecular complexity index is 725. The number of carbonyl (C=O) groups excluding carboxylic acids is 1. The van der Waals surface area contributed by atoms with Crippen LogP contribution in [0.25, 0.3) is 0 Å². The van der Waals surface area contributed by atoms with Crippen LogP contribution in [-0.2, 0) is 14.8 Å². The topological polar surface area (TPSA) is 57.7 Å². The molecule has 1 saturated carbocycles. The lowest BCUT2D eigenvalue weighted by atomic mass is 10.1. The Morgan fingerprint density at radius 2 is 1.67 bits per heavy atom. The molecule has 1 aromatic rings. The fourth-order valence-corrected chi connectivity index (χ4v) is 4.89. The first-order valence-electron chi connectivity index (χ1n) is 8.13. The Balaban J connectivity index is 1.69. The lowest BCUT2D eigenvalue weighted by Gasteiger charge is -2.35. The molecule has 1 aliphatic carbocycles. The molecule has 2 aliphatic rings. The van der Waals surface area contributed by atoms with Gasteiger partial charge in [0.2, 0.25) is 15.9 Å². The van der Waals surface area contributed by atoms with Crippen LogP contribution in [0.1, 0.15) is 25.7 Å². The van der Waals surface area contributed by atoms with Crippen LogP contribution in [-0.4, -0.2) is 49.7 Å². The Hall–Kier alpha value is -1.54. The summed E-state index contributed by atoms with van der Waals surface area (Å²) in [5.41, 5.74) is 0. The summed E-state index contributed by atoms with van der Waals surface area (Å²) in [6, 6.07) is 2.38. The van der Waals surface area contributed by atoms with Crippen LogP contribution in [0, 0.1) is 17.6 Å². The highest BCUT2D eigenvalue weighted by molar-refractivity contribution is 7.89. The van der Waals surface area contributed by atoms with Crippen molar-refractivity contribution in [2.24, 2.45) is 5.92 Å². The number of halogens is 2. The van der Waals surface area contributed by atoms with Gasteiger partial charge in [0.15, 0.2) is 0 Å². The lowest BCUT2D eigenvalue weighted by Crippen LogP contribution is -2.51. The molecule has 2 fully saturated rings. The van der Waals surface area contributed by atoms with E-state index in [1.807, 2.05) is 0 Å². The first-order chi connectivity index (χ1) is 11.4. The maximum Gasteiger partial charge on any atom is 0.246 e. The normalized spacial score (nSPS) is 20.5. The second-order valence-electron chi connectivity index (χ2n) is 6.29. The van der Waals surface area contributed by atoms with Crippen LogP contribution in [0.3, 0.4) is 0 Å². The smallest absolute Gasteiger partial charge is 0.246 e. The van der Waals surface area contributed by atoms with Gasteiger partial charge in [-0.1, -0.05) is 12.8 Å².